The number of nitrogens with one attached hydrogen (secondary N) is 1. The minimum Gasteiger partial charge on any atom is -0.376 e. The van der Waals surface area contributed by atoms with Crippen LogP contribution in [0.15, 0.2) is 10.6 Å². The lowest BCUT2D eigenvalue weighted by Gasteiger charge is -1.93. The van der Waals surface area contributed by atoms with Gasteiger partial charge in [0.25, 0.3) is 0 Å². The third-order valence-electron chi connectivity index (χ3n) is 0.874. The first-order valence-corrected chi connectivity index (χ1v) is 3.09. The Hall–Kier alpha value is -1.10. The first-order chi connectivity index (χ1) is 4.68. The topological polar surface area (TPSA) is 64.1 Å². The molecule has 1 aromatic heterocycles. The Morgan fingerprint density at radius 2 is 2.60 bits per heavy atom. The van der Waals surface area contributed by atoms with Gasteiger partial charge in [0.15, 0.2) is 5.11 Å². The molecule has 0 unspecified atom stereocenters. The molecule has 0 aliphatic rings. The van der Waals surface area contributed by atoms with Crippen molar-refractivity contribution >= 4 is 23.2 Å². The average molecular weight is 157 g/mol. The molecular weight excluding hydrogens is 150 g/mol. The summed E-state index contributed by atoms with van der Waals surface area (Å²) < 4.78 is 4.75. The van der Waals surface area contributed by atoms with Crippen molar-refractivity contribution in [3.05, 3.63) is 11.8 Å². The summed E-state index contributed by atoms with van der Waals surface area (Å²) >= 11 is 4.57. The van der Waals surface area contributed by atoms with Gasteiger partial charge in [-0.2, -0.15) is 0 Å². The molecule has 1 aromatic rings. The fourth-order valence-corrected chi connectivity index (χ4v) is 0.645. The highest BCUT2D eigenvalue weighted by Gasteiger charge is 1.98. The van der Waals surface area contributed by atoms with Crippen molar-refractivity contribution in [1.29, 1.82) is 0 Å². The van der Waals surface area contributed by atoms with E-state index >= 15 is 0 Å². The number of nitrogens with zero attached hydrogens (tertiary/aromatic N) is 1. The molecule has 0 atom stereocenters. The Labute approximate surface area is 63.4 Å². The van der Waals surface area contributed by atoms with Crippen LogP contribution in [0.25, 0.3) is 0 Å². The summed E-state index contributed by atoms with van der Waals surface area (Å²) in [5, 5.41) is 6.40. The van der Waals surface area contributed by atoms with Crippen LogP contribution in [0, 0.1) is 6.92 Å². The van der Waals surface area contributed by atoms with E-state index in [9.17, 15) is 0 Å². The second kappa shape index (κ2) is 2.66. The van der Waals surface area contributed by atoms with Crippen LogP contribution < -0.4 is 11.1 Å². The van der Waals surface area contributed by atoms with E-state index in [0.29, 0.717) is 5.88 Å². The molecule has 10 heavy (non-hydrogen) atoms. The molecule has 0 bridgehead atoms. The van der Waals surface area contributed by atoms with E-state index in [-0.39, 0.29) is 5.11 Å². The predicted octanol–water partition coefficient (Wildman–Crippen LogP) is 0.639. The minimum atomic E-state index is 0.177. The monoisotopic (exact) mass is 157 g/mol. The van der Waals surface area contributed by atoms with Gasteiger partial charge in [-0.3, -0.25) is 0 Å². The average Bonchev–Trinajstić information content (AvgIpc) is 2.13. The Kier molecular flexibility index (Phi) is 1.86. The first kappa shape index (κ1) is 7.01. The molecule has 0 aliphatic carbocycles. The Morgan fingerprint density at radius 1 is 1.90 bits per heavy atom. The maximum absolute atomic E-state index is 5.17. The molecule has 1 heterocycles. The number of rotatable bonds is 1. The maximum atomic E-state index is 5.17. The van der Waals surface area contributed by atoms with E-state index in [1.807, 2.05) is 6.92 Å². The molecular formula is C5H7N3OS. The van der Waals surface area contributed by atoms with Gasteiger partial charge in [-0.1, -0.05) is 5.16 Å². The van der Waals surface area contributed by atoms with E-state index < -0.39 is 0 Å². The number of hydrogen-bond acceptors (Lipinski definition) is 3. The van der Waals surface area contributed by atoms with Crippen LogP contribution in [0.3, 0.4) is 0 Å². The molecule has 0 spiro atoms. The van der Waals surface area contributed by atoms with Crippen molar-refractivity contribution in [2.45, 2.75) is 6.92 Å². The Morgan fingerprint density at radius 3 is 3.00 bits per heavy atom. The summed E-state index contributed by atoms with van der Waals surface area (Å²) in [6.07, 6.45) is 0. The predicted molar refractivity (Wildman–Crippen MR) is 41.6 cm³/mol. The van der Waals surface area contributed by atoms with Gasteiger partial charge in [-0.15, -0.1) is 0 Å². The third kappa shape index (κ3) is 1.70. The van der Waals surface area contributed by atoms with Crippen LogP contribution in [0.5, 0.6) is 0 Å². The SMILES string of the molecule is Cc1cc(NC(N)=S)on1. The van der Waals surface area contributed by atoms with Crippen molar-refractivity contribution < 1.29 is 4.52 Å². The largest absolute Gasteiger partial charge is 0.376 e. The smallest absolute Gasteiger partial charge is 0.231 e. The Balaban J connectivity index is 2.67. The summed E-state index contributed by atoms with van der Waals surface area (Å²) in [7, 11) is 0. The van der Waals surface area contributed by atoms with Crippen LogP contribution in [-0.4, -0.2) is 10.3 Å². The zero-order valence-corrected chi connectivity index (χ0v) is 6.23. The maximum Gasteiger partial charge on any atom is 0.231 e. The van der Waals surface area contributed by atoms with Gasteiger partial charge in [0.05, 0.1) is 5.69 Å². The molecule has 0 fully saturated rings. The zero-order chi connectivity index (χ0) is 7.56. The van der Waals surface area contributed by atoms with Gasteiger partial charge in [0, 0.05) is 6.07 Å². The van der Waals surface area contributed by atoms with Crippen LogP contribution in [0.4, 0.5) is 5.88 Å². The van der Waals surface area contributed by atoms with E-state index in [4.69, 9.17) is 10.3 Å². The highest BCUT2D eigenvalue weighted by atomic mass is 32.1. The molecule has 0 radical (unpaired) electrons. The van der Waals surface area contributed by atoms with Crippen LogP contribution in [0.1, 0.15) is 5.69 Å². The molecule has 4 nitrogen and oxygen atoms in total. The van der Waals surface area contributed by atoms with Crippen LogP contribution >= 0.6 is 12.2 Å². The van der Waals surface area contributed by atoms with E-state index in [2.05, 4.69) is 22.7 Å². The van der Waals surface area contributed by atoms with Gasteiger partial charge in [-0.25, -0.2) is 0 Å². The second-order valence-corrected chi connectivity index (χ2v) is 2.26. The zero-order valence-electron chi connectivity index (χ0n) is 5.42. The fraction of sp³-hybridized carbons (Fsp3) is 0.200. The lowest BCUT2D eigenvalue weighted by Crippen LogP contribution is -2.18. The number of thiocarbonyl (C=S) groups is 1. The number of anilines is 1. The number of aromatic nitrogens is 1. The van der Waals surface area contributed by atoms with Crippen LogP contribution in [-0.2, 0) is 0 Å². The van der Waals surface area contributed by atoms with E-state index in [1.165, 1.54) is 0 Å². The number of nitrogens with two attached hydrogens (primary N) is 1. The molecule has 54 valence electrons. The molecule has 0 aromatic carbocycles. The van der Waals surface area contributed by atoms with Crippen molar-refractivity contribution in [2.24, 2.45) is 5.73 Å². The first-order valence-electron chi connectivity index (χ1n) is 2.68. The number of aryl methyl sites for hydroxylation is 1. The molecule has 1 rings (SSSR count). The highest BCUT2D eigenvalue weighted by molar-refractivity contribution is 7.80. The quantitative estimate of drug-likeness (QED) is 0.586. The van der Waals surface area contributed by atoms with Gasteiger partial charge in [0.2, 0.25) is 5.88 Å². The molecule has 0 amide bonds. The minimum absolute atomic E-state index is 0.177. The summed E-state index contributed by atoms with van der Waals surface area (Å²) in [4.78, 5) is 0. The molecule has 5 heteroatoms. The van der Waals surface area contributed by atoms with E-state index in [0.717, 1.165) is 5.69 Å². The normalized spacial score (nSPS) is 9.30. The molecule has 0 saturated heterocycles. The molecule has 0 aliphatic heterocycles. The van der Waals surface area contributed by atoms with Crippen molar-refractivity contribution in [1.82, 2.24) is 5.16 Å². The molecule has 3 N–H and O–H groups in total. The highest BCUT2D eigenvalue weighted by Crippen LogP contribution is 2.06. The van der Waals surface area contributed by atoms with Gasteiger partial charge < -0.3 is 15.6 Å². The lowest BCUT2D eigenvalue weighted by molar-refractivity contribution is 0.430. The van der Waals surface area contributed by atoms with Crippen molar-refractivity contribution in [3.63, 3.8) is 0 Å². The van der Waals surface area contributed by atoms with Gasteiger partial charge in [0.1, 0.15) is 0 Å². The fourth-order valence-electron chi connectivity index (χ4n) is 0.544. The second-order valence-electron chi connectivity index (χ2n) is 1.82. The van der Waals surface area contributed by atoms with E-state index in [1.54, 1.807) is 6.07 Å². The van der Waals surface area contributed by atoms with Gasteiger partial charge >= 0.3 is 0 Å². The number of hydrogen-bond donors (Lipinski definition) is 2. The van der Waals surface area contributed by atoms with Crippen LogP contribution in [0.2, 0.25) is 0 Å². The summed E-state index contributed by atoms with van der Waals surface area (Å²) in [5.74, 6) is 0.477. The van der Waals surface area contributed by atoms with Gasteiger partial charge in [-0.05, 0) is 19.1 Å². The third-order valence-corrected chi connectivity index (χ3v) is 0.976. The standard InChI is InChI=1S/C5H7N3OS/c1-3-2-4(9-8-3)7-5(6)10/h2H,1H3,(H3,6,7,10). The summed E-state index contributed by atoms with van der Waals surface area (Å²) in [6.45, 7) is 1.81. The Bertz CT molecular complexity index is 245. The van der Waals surface area contributed by atoms with Crippen molar-refractivity contribution in [3.8, 4) is 0 Å². The van der Waals surface area contributed by atoms with Crippen molar-refractivity contribution in [2.75, 3.05) is 5.32 Å². The summed E-state index contributed by atoms with van der Waals surface area (Å²) in [5.41, 5.74) is 5.96. The summed E-state index contributed by atoms with van der Waals surface area (Å²) in [6, 6.07) is 1.71. The lowest BCUT2D eigenvalue weighted by atomic mass is 10.5. The molecule has 0 saturated carbocycles.